The number of esters is 1. The zero-order chi connectivity index (χ0) is 28.0. The fraction of sp³-hybridized carbons (Fsp3) is 0.188. The number of carbonyl (C=O) groups is 1. The molecule has 0 amide bonds. The Kier molecular flexibility index (Phi) is 6.87. The van der Waals surface area contributed by atoms with E-state index in [0.29, 0.717) is 50.3 Å². The first kappa shape index (κ1) is 26.2. The number of aryl methyl sites for hydroxylation is 1. The molecule has 200 valence electrons. The summed E-state index contributed by atoms with van der Waals surface area (Å²) in [4.78, 5) is 13.1. The van der Waals surface area contributed by atoms with Gasteiger partial charge in [-0.25, -0.2) is 8.60 Å². The summed E-state index contributed by atoms with van der Waals surface area (Å²) in [6, 6.07) is 24.1. The number of aromatic nitrogens is 1. The molecule has 8 heteroatoms. The number of fused-ring (bicyclic) bond motifs is 1. The molecule has 0 spiro atoms. The van der Waals surface area contributed by atoms with Gasteiger partial charge in [0.1, 0.15) is 16.8 Å². The summed E-state index contributed by atoms with van der Waals surface area (Å²) < 4.78 is 35.7. The molecule has 5 aromatic rings. The van der Waals surface area contributed by atoms with E-state index in [1.807, 2.05) is 60.8 Å². The Bertz CT molecular complexity index is 1830. The van der Waals surface area contributed by atoms with Crippen LogP contribution in [0.3, 0.4) is 0 Å². The van der Waals surface area contributed by atoms with Gasteiger partial charge in [-0.05, 0) is 79.1 Å². The highest BCUT2D eigenvalue weighted by molar-refractivity contribution is 7.83. The van der Waals surface area contributed by atoms with Crippen molar-refractivity contribution in [2.45, 2.75) is 30.6 Å². The Morgan fingerprint density at radius 3 is 2.60 bits per heavy atom. The maximum atomic E-state index is 14.7. The third-order valence-corrected chi connectivity index (χ3v) is 9.82. The van der Waals surface area contributed by atoms with Crippen molar-refractivity contribution in [3.63, 3.8) is 0 Å². The molecular weight excluding hydrogens is 543 g/mol. The summed E-state index contributed by atoms with van der Waals surface area (Å²) in [5.74, 6) is -0.515. The summed E-state index contributed by atoms with van der Waals surface area (Å²) in [6.45, 7) is 1.97. The molecule has 6 rings (SSSR count). The molecule has 40 heavy (non-hydrogen) atoms. The molecule has 2 aromatic heterocycles. The van der Waals surface area contributed by atoms with E-state index in [1.54, 1.807) is 10.0 Å². The molecule has 3 aromatic carbocycles. The predicted octanol–water partition coefficient (Wildman–Crippen LogP) is 7.59. The van der Waals surface area contributed by atoms with Crippen LogP contribution in [0.25, 0.3) is 33.3 Å². The number of nitrogens with zero attached hydrogens (tertiary/aromatic N) is 2. The summed E-state index contributed by atoms with van der Waals surface area (Å²) in [5.41, 5.74) is 5.54. The van der Waals surface area contributed by atoms with Crippen LogP contribution in [0, 0.1) is 30.0 Å². The molecule has 0 bridgehead atoms. The van der Waals surface area contributed by atoms with Crippen LogP contribution in [0.1, 0.15) is 34.8 Å². The van der Waals surface area contributed by atoms with E-state index in [9.17, 15) is 18.7 Å². The predicted molar refractivity (Wildman–Crippen MR) is 156 cm³/mol. The summed E-state index contributed by atoms with van der Waals surface area (Å²) >= 11 is 1.32. The third-order valence-electron chi connectivity index (χ3n) is 7.62. The van der Waals surface area contributed by atoms with E-state index in [-0.39, 0.29) is 17.8 Å². The minimum atomic E-state index is -1.66. The molecule has 1 aliphatic rings. The lowest BCUT2D eigenvalue weighted by Crippen LogP contribution is -2.29. The second-order valence-corrected chi connectivity index (χ2v) is 12.3. The Hall–Kier alpha value is -4.06. The van der Waals surface area contributed by atoms with Gasteiger partial charge in [-0.3, -0.25) is 8.77 Å². The van der Waals surface area contributed by atoms with Crippen molar-refractivity contribution in [1.29, 1.82) is 5.26 Å². The van der Waals surface area contributed by atoms with Crippen LogP contribution >= 0.6 is 11.3 Å². The maximum absolute atomic E-state index is 14.7. The molecule has 0 radical (unpaired) electrons. The van der Waals surface area contributed by atoms with Crippen LogP contribution in [0.4, 0.5) is 4.39 Å². The SMILES string of the molecule is COC(=O)C1CC(c2cccc(-c3c(-c4ccsc4C#N)c4cc(F)ccc4n3S(=O)c3ccc(C)cc3)c2)C1. The van der Waals surface area contributed by atoms with Crippen LogP contribution in [0.5, 0.6) is 0 Å². The average molecular weight is 569 g/mol. The van der Waals surface area contributed by atoms with E-state index in [0.717, 1.165) is 16.7 Å². The minimum Gasteiger partial charge on any atom is -0.469 e. The summed E-state index contributed by atoms with van der Waals surface area (Å²) in [6.07, 6.45) is 1.41. The topological polar surface area (TPSA) is 72.1 Å². The zero-order valence-electron chi connectivity index (χ0n) is 21.9. The van der Waals surface area contributed by atoms with Gasteiger partial charge in [-0.2, -0.15) is 5.26 Å². The molecule has 1 aliphatic carbocycles. The van der Waals surface area contributed by atoms with Crippen LogP contribution in [0.15, 0.2) is 83.1 Å². The molecule has 1 unspecified atom stereocenters. The van der Waals surface area contributed by atoms with Crippen molar-refractivity contribution in [3.05, 3.63) is 100.0 Å². The number of methoxy groups -OCH3 is 1. The molecule has 0 N–H and O–H groups in total. The van der Waals surface area contributed by atoms with Gasteiger partial charge in [0.05, 0.1) is 29.1 Å². The van der Waals surface area contributed by atoms with Crippen molar-refractivity contribution >= 4 is 39.2 Å². The van der Waals surface area contributed by atoms with Gasteiger partial charge >= 0.3 is 5.97 Å². The summed E-state index contributed by atoms with van der Waals surface area (Å²) in [5, 5.41) is 12.3. The number of thiophene rings is 1. The van der Waals surface area contributed by atoms with Crippen molar-refractivity contribution in [2.24, 2.45) is 5.92 Å². The van der Waals surface area contributed by atoms with Gasteiger partial charge in [-0.15, -0.1) is 11.3 Å². The number of hydrogen-bond donors (Lipinski definition) is 0. The van der Waals surface area contributed by atoms with Gasteiger partial charge in [0, 0.05) is 22.1 Å². The lowest BCUT2D eigenvalue weighted by Gasteiger charge is -2.33. The van der Waals surface area contributed by atoms with Gasteiger partial charge in [0.15, 0.2) is 11.0 Å². The first-order valence-electron chi connectivity index (χ1n) is 12.9. The summed E-state index contributed by atoms with van der Waals surface area (Å²) in [7, 11) is -0.252. The monoisotopic (exact) mass is 568 g/mol. The van der Waals surface area contributed by atoms with Gasteiger partial charge < -0.3 is 4.74 Å². The zero-order valence-corrected chi connectivity index (χ0v) is 23.5. The maximum Gasteiger partial charge on any atom is 0.308 e. The number of nitriles is 1. The molecule has 2 heterocycles. The molecule has 1 atom stereocenters. The number of hydrogen-bond acceptors (Lipinski definition) is 5. The van der Waals surface area contributed by atoms with Crippen LogP contribution in [-0.4, -0.2) is 21.3 Å². The molecule has 1 saturated carbocycles. The standard InChI is InChI=1S/C32H25FN2O3S2/c1-19-6-9-25(10-7-19)40(37)35-28-11-8-24(33)17-27(28)30(26-12-13-39-29(26)18-34)31(35)21-5-3-4-20(14-21)22-15-23(16-22)32(36)38-2/h3-14,17,22-23H,15-16H2,1-2H3. The molecule has 0 aliphatic heterocycles. The lowest BCUT2D eigenvalue weighted by molar-refractivity contribution is -0.148. The van der Waals surface area contributed by atoms with Gasteiger partial charge in [-0.1, -0.05) is 35.9 Å². The second kappa shape index (κ2) is 10.5. The Morgan fingerprint density at radius 2 is 1.88 bits per heavy atom. The Balaban J connectivity index is 1.60. The number of carbonyl (C=O) groups excluding carboxylic acids is 1. The number of rotatable bonds is 6. The van der Waals surface area contributed by atoms with E-state index in [1.165, 1.54) is 30.6 Å². The number of benzene rings is 3. The number of halogens is 1. The van der Waals surface area contributed by atoms with Crippen molar-refractivity contribution in [3.8, 4) is 28.5 Å². The Morgan fingerprint density at radius 1 is 1.10 bits per heavy atom. The highest BCUT2D eigenvalue weighted by Gasteiger charge is 2.36. The smallest absolute Gasteiger partial charge is 0.308 e. The van der Waals surface area contributed by atoms with E-state index >= 15 is 0 Å². The van der Waals surface area contributed by atoms with Gasteiger partial charge in [0.2, 0.25) is 0 Å². The third kappa shape index (κ3) is 4.45. The average Bonchev–Trinajstić information content (AvgIpc) is 3.54. The molecular formula is C32H25FN2O3S2. The number of ether oxygens (including phenoxy) is 1. The highest BCUT2D eigenvalue weighted by Crippen LogP contribution is 2.47. The first-order valence-corrected chi connectivity index (χ1v) is 14.9. The molecule has 5 nitrogen and oxygen atoms in total. The van der Waals surface area contributed by atoms with Crippen molar-refractivity contribution < 1.29 is 18.1 Å². The van der Waals surface area contributed by atoms with Crippen LogP contribution in [0.2, 0.25) is 0 Å². The fourth-order valence-corrected chi connectivity index (χ4v) is 7.45. The van der Waals surface area contributed by atoms with Crippen molar-refractivity contribution in [2.75, 3.05) is 7.11 Å². The second-order valence-electron chi connectivity index (χ2n) is 10.0. The quantitative estimate of drug-likeness (QED) is 0.198. The lowest BCUT2D eigenvalue weighted by atomic mass is 9.71. The Labute approximate surface area is 238 Å². The minimum absolute atomic E-state index is 0.110. The van der Waals surface area contributed by atoms with Crippen LogP contribution < -0.4 is 0 Å². The highest BCUT2D eigenvalue weighted by atomic mass is 32.2. The van der Waals surface area contributed by atoms with Gasteiger partial charge in [0.25, 0.3) is 0 Å². The van der Waals surface area contributed by atoms with Crippen LogP contribution in [-0.2, 0) is 20.5 Å². The van der Waals surface area contributed by atoms with E-state index < -0.39 is 16.8 Å². The van der Waals surface area contributed by atoms with E-state index in [2.05, 4.69) is 12.1 Å². The van der Waals surface area contributed by atoms with Crippen molar-refractivity contribution in [1.82, 2.24) is 3.97 Å². The molecule has 1 fully saturated rings. The fourth-order valence-electron chi connectivity index (χ4n) is 5.48. The first-order chi connectivity index (χ1) is 19.4. The largest absolute Gasteiger partial charge is 0.469 e. The normalized spacial score (nSPS) is 17.2. The molecule has 0 saturated heterocycles. The van der Waals surface area contributed by atoms with E-state index in [4.69, 9.17) is 4.74 Å².